The van der Waals surface area contributed by atoms with E-state index in [1.165, 1.54) is 20.1 Å². The topological polar surface area (TPSA) is 99.0 Å². The molecule has 0 atom stereocenters. The predicted molar refractivity (Wildman–Crippen MR) is 146 cm³/mol. The molecule has 0 unspecified atom stereocenters. The van der Waals surface area contributed by atoms with E-state index in [9.17, 15) is 14.4 Å². The van der Waals surface area contributed by atoms with E-state index < -0.39 is 0 Å². The third-order valence-corrected chi connectivity index (χ3v) is 10.4. The summed E-state index contributed by atoms with van der Waals surface area (Å²) in [5, 5.41) is 8.77. The molecule has 8 nitrogen and oxygen atoms in total. The molecule has 4 aliphatic carbocycles. The van der Waals surface area contributed by atoms with Crippen molar-refractivity contribution in [3.05, 3.63) is 31.5 Å². The van der Waals surface area contributed by atoms with Gasteiger partial charge in [-0.05, 0) is 114 Å². The van der Waals surface area contributed by atoms with E-state index in [-0.39, 0.29) is 41.3 Å². The van der Waals surface area contributed by atoms with Gasteiger partial charge >= 0.3 is 17.1 Å². The van der Waals surface area contributed by atoms with Crippen LogP contribution in [0.3, 0.4) is 0 Å². The molecule has 0 aromatic carbocycles. The lowest BCUT2D eigenvalue weighted by Crippen LogP contribution is -2.58. The van der Waals surface area contributed by atoms with Gasteiger partial charge in [-0.25, -0.2) is 28.1 Å². The minimum Gasteiger partial charge on any atom is -0.424 e. The highest BCUT2D eigenvalue weighted by Crippen LogP contribution is 2.39. The van der Waals surface area contributed by atoms with Crippen molar-refractivity contribution in [3.63, 3.8) is 0 Å². The van der Waals surface area contributed by atoms with Crippen LogP contribution in [-0.4, -0.2) is 19.8 Å². The summed E-state index contributed by atoms with van der Waals surface area (Å²) in [5.74, 6) is 1.92. The fourth-order valence-electron chi connectivity index (χ4n) is 8.04. The van der Waals surface area contributed by atoms with Crippen LogP contribution in [0.1, 0.15) is 141 Å². The highest BCUT2D eigenvalue weighted by molar-refractivity contribution is 4.92. The second-order valence-electron chi connectivity index (χ2n) is 12.9. The summed E-state index contributed by atoms with van der Waals surface area (Å²) in [6.45, 7) is 2.24. The van der Waals surface area contributed by atoms with E-state index in [1.807, 2.05) is 6.26 Å². The van der Waals surface area contributed by atoms with Crippen LogP contribution in [0.25, 0.3) is 0 Å². The Labute approximate surface area is 226 Å². The minimum atomic E-state index is -0.356. The van der Waals surface area contributed by atoms with Crippen molar-refractivity contribution in [2.75, 3.05) is 0 Å². The van der Waals surface area contributed by atoms with Crippen LogP contribution >= 0.6 is 0 Å². The number of nitriles is 1. The molecule has 8 heteroatoms. The van der Waals surface area contributed by atoms with Gasteiger partial charge < -0.3 is 4.74 Å². The van der Waals surface area contributed by atoms with Crippen molar-refractivity contribution in [2.45, 2.75) is 147 Å². The number of ether oxygens (including phenoxy) is 1. The average molecular weight is 527 g/mol. The summed E-state index contributed by atoms with van der Waals surface area (Å²) in [5.41, 5.74) is -1.06. The Hall–Kier alpha value is -2.30. The lowest BCUT2D eigenvalue weighted by molar-refractivity contribution is 0.0902. The summed E-state index contributed by atoms with van der Waals surface area (Å²) in [6.07, 6.45) is 19.6. The second-order valence-corrected chi connectivity index (χ2v) is 12.9. The summed E-state index contributed by atoms with van der Waals surface area (Å²) < 4.78 is 9.64. The van der Waals surface area contributed by atoms with Gasteiger partial charge in [0.2, 0.25) is 0 Å². The predicted octanol–water partition coefficient (Wildman–Crippen LogP) is 5.61. The SMILES string of the molecule is CC1CCC(n2c(=O)n(C3CCCCC3)c(=O)n(C3CCC(CC4CCC(OC#N)CC4)CC3)c2=O)CC1. The van der Waals surface area contributed by atoms with Crippen molar-refractivity contribution in [2.24, 2.45) is 17.8 Å². The van der Waals surface area contributed by atoms with Gasteiger partial charge in [0.25, 0.3) is 6.26 Å². The van der Waals surface area contributed by atoms with Crippen LogP contribution in [0.15, 0.2) is 14.4 Å². The summed E-state index contributed by atoms with van der Waals surface area (Å²) in [7, 11) is 0. The van der Waals surface area contributed by atoms with Crippen molar-refractivity contribution in [1.29, 1.82) is 5.26 Å². The molecule has 0 N–H and O–H groups in total. The lowest BCUT2D eigenvalue weighted by atomic mass is 9.76. The third-order valence-electron chi connectivity index (χ3n) is 10.4. The molecule has 5 rings (SSSR count). The molecule has 1 heterocycles. The molecular weight excluding hydrogens is 480 g/mol. The molecule has 0 spiro atoms. The monoisotopic (exact) mass is 526 g/mol. The van der Waals surface area contributed by atoms with E-state index in [0.29, 0.717) is 17.8 Å². The number of nitrogens with zero attached hydrogens (tertiary/aromatic N) is 4. The standard InChI is InChI=1S/C30H46N4O4/c1-21-7-13-25(14-8-21)33-28(35)32(24-5-3-2-4-6-24)29(36)34(30(33)37)26-15-9-22(10-16-26)19-23-11-17-27(18-12-23)38-20-31/h21-27H,2-19H2,1H3. The quantitative estimate of drug-likeness (QED) is 0.449. The molecule has 0 amide bonds. The van der Waals surface area contributed by atoms with E-state index in [2.05, 4.69) is 6.92 Å². The van der Waals surface area contributed by atoms with Gasteiger partial charge in [0.1, 0.15) is 6.10 Å². The van der Waals surface area contributed by atoms with Gasteiger partial charge in [-0.15, -0.1) is 0 Å². The Balaban J connectivity index is 1.35. The largest absolute Gasteiger partial charge is 0.424 e. The number of aromatic nitrogens is 3. The Morgan fingerprint density at radius 2 is 1.05 bits per heavy atom. The van der Waals surface area contributed by atoms with Crippen LogP contribution in [-0.2, 0) is 4.74 Å². The van der Waals surface area contributed by atoms with E-state index in [4.69, 9.17) is 10.00 Å². The van der Waals surface area contributed by atoms with Gasteiger partial charge in [0.15, 0.2) is 0 Å². The molecule has 4 saturated carbocycles. The van der Waals surface area contributed by atoms with E-state index in [1.54, 1.807) is 0 Å². The maximum absolute atomic E-state index is 13.9. The Bertz CT molecular complexity index is 1150. The van der Waals surface area contributed by atoms with Crippen molar-refractivity contribution < 1.29 is 4.74 Å². The first-order valence-corrected chi connectivity index (χ1v) is 15.5. The first-order valence-electron chi connectivity index (χ1n) is 15.5. The maximum Gasteiger partial charge on any atom is 0.336 e. The Morgan fingerprint density at radius 1 is 0.632 bits per heavy atom. The van der Waals surface area contributed by atoms with Crippen molar-refractivity contribution in [3.8, 4) is 6.26 Å². The minimum absolute atomic E-state index is 0.0826. The normalized spacial score (nSPS) is 32.9. The van der Waals surface area contributed by atoms with Crippen LogP contribution in [0.2, 0.25) is 0 Å². The molecule has 4 fully saturated rings. The molecule has 1 aromatic rings. The zero-order chi connectivity index (χ0) is 26.6. The molecule has 0 bridgehead atoms. The summed E-state index contributed by atoms with van der Waals surface area (Å²) >= 11 is 0. The van der Waals surface area contributed by atoms with Crippen LogP contribution < -0.4 is 17.1 Å². The van der Waals surface area contributed by atoms with Crippen LogP contribution in [0, 0.1) is 29.3 Å². The van der Waals surface area contributed by atoms with Gasteiger partial charge in [0, 0.05) is 18.1 Å². The summed E-state index contributed by atoms with van der Waals surface area (Å²) in [6, 6.07) is -0.291. The van der Waals surface area contributed by atoms with Gasteiger partial charge in [-0.3, -0.25) is 0 Å². The molecule has 38 heavy (non-hydrogen) atoms. The Kier molecular flexibility index (Phi) is 8.80. The molecule has 0 saturated heterocycles. The van der Waals surface area contributed by atoms with Gasteiger partial charge in [-0.1, -0.05) is 26.2 Å². The smallest absolute Gasteiger partial charge is 0.336 e. The number of hydrogen-bond donors (Lipinski definition) is 0. The molecule has 1 aromatic heterocycles. The summed E-state index contributed by atoms with van der Waals surface area (Å²) in [4.78, 5) is 41.5. The highest BCUT2D eigenvalue weighted by Gasteiger charge is 2.33. The van der Waals surface area contributed by atoms with E-state index >= 15 is 0 Å². The fraction of sp³-hybridized carbons (Fsp3) is 0.867. The molecular formula is C30H46N4O4. The zero-order valence-corrected chi connectivity index (χ0v) is 23.2. The number of hydrogen-bond acceptors (Lipinski definition) is 5. The number of rotatable bonds is 6. The zero-order valence-electron chi connectivity index (χ0n) is 23.2. The van der Waals surface area contributed by atoms with Gasteiger partial charge in [-0.2, -0.15) is 5.26 Å². The molecule has 0 radical (unpaired) electrons. The van der Waals surface area contributed by atoms with E-state index in [0.717, 1.165) is 109 Å². The molecule has 210 valence electrons. The van der Waals surface area contributed by atoms with Crippen molar-refractivity contribution in [1.82, 2.24) is 13.7 Å². The Morgan fingerprint density at radius 3 is 1.53 bits per heavy atom. The lowest BCUT2D eigenvalue weighted by Gasteiger charge is -2.35. The van der Waals surface area contributed by atoms with Crippen molar-refractivity contribution >= 4 is 0 Å². The molecule has 4 aliphatic rings. The first kappa shape index (κ1) is 27.3. The third kappa shape index (κ3) is 5.82. The van der Waals surface area contributed by atoms with Crippen LogP contribution in [0.4, 0.5) is 0 Å². The highest BCUT2D eigenvalue weighted by atomic mass is 16.5. The fourth-order valence-corrected chi connectivity index (χ4v) is 8.04. The maximum atomic E-state index is 13.9. The average Bonchev–Trinajstić information content (AvgIpc) is 2.92. The first-order chi connectivity index (χ1) is 18.5. The molecule has 0 aliphatic heterocycles. The van der Waals surface area contributed by atoms with Crippen LogP contribution in [0.5, 0.6) is 0 Å². The second kappa shape index (κ2) is 12.3. The van der Waals surface area contributed by atoms with Gasteiger partial charge in [0.05, 0.1) is 0 Å².